The molecule has 0 spiro atoms. The molecule has 0 aliphatic heterocycles. The Labute approximate surface area is 79.2 Å². The highest BCUT2D eigenvalue weighted by molar-refractivity contribution is 5.80. The summed E-state index contributed by atoms with van der Waals surface area (Å²) in [5.41, 5.74) is 5.40. The fraction of sp³-hybridized carbons (Fsp3) is 0.889. The van der Waals surface area contributed by atoms with E-state index >= 15 is 0 Å². The molecule has 0 aromatic heterocycles. The number of hydrogen-bond acceptors (Lipinski definition) is 3. The fourth-order valence-electron chi connectivity index (χ4n) is 1.85. The zero-order valence-corrected chi connectivity index (χ0v) is 8.33. The summed E-state index contributed by atoms with van der Waals surface area (Å²) >= 11 is 0. The molecule has 13 heavy (non-hydrogen) atoms. The summed E-state index contributed by atoms with van der Waals surface area (Å²) in [6.45, 7) is 4.31. The van der Waals surface area contributed by atoms with Crippen LogP contribution in [0.2, 0.25) is 0 Å². The summed E-state index contributed by atoms with van der Waals surface area (Å²) in [6, 6.07) is 0.935. The van der Waals surface area contributed by atoms with Gasteiger partial charge in [-0.05, 0) is 25.7 Å². The van der Waals surface area contributed by atoms with Gasteiger partial charge in [0.2, 0.25) is 0 Å². The Morgan fingerprint density at radius 3 is 2.77 bits per heavy atom. The molecule has 0 amide bonds. The average Bonchev–Trinajstić information content (AvgIpc) is 2.01. The van der Waals surface area contributed by atoms with Crippen LogP contribution >= 0.6 is 0 Å². The molecule has 1 rings (SSSR count). The minimum Gasteiger partial charge on any atom is -0.409 e. The Kier molecular flexibility index (Phi) is 3.54. The number of hydrogen-bond donors (Lipinski definition) is 3. The Bertz CT molecular complexity index is 187. The van der Waals surface area contributed by atoms with Crippen LogP contribution in [-0.4, -0.2) is 23.1 Å². The summed E-state index contributed by atoms with van der Waals surface area (Å²) in [4.78, 5) is 0. The van der Waals surface area contributed by atoms with Gasteiger partial charge in [0.25, 0.3) is 0 Å². The third-order valence-electron chi connectivity index (χ3n) is 2.54. The van der Waals surface area contributed by atoms with Crippen molar-refractivity contribution in [2.45, 2.75) is 45.2 Å². The van der Waals surface area contributed by atoms with Crippen LogP contribution in [0.15, 0.2) is 5.16 Å². The van der Waals surface area contributed by atoms with E-state index in [0.29, 0.717) is 24.3 Å². The summed E-state index contributed by atoms with van der Waals surface area (Å²) in [7, 11) is 0. The van der Waals surface area contributed by atoms with E-state index in [1.807, 2.05) is 0 Å². The van der Waals surface area contributed by atoms with Crippen molar-refractivity contribution in [3.63, 3.8) is 0 Å². The minimum absolute atomic E-state index is 0.298. The Morgan fingerprint density at radius 2 is 2.31 bits per heavy atom. The number of oxime groups is 1. The zero-order chi connectivity index (χ0) is 9.84. The highest BCUT2D eigenvalue weighted by atomic mass is 16.4. The van der Waals surface area contributed by atoms with Gasteiger partial charge in [-0.25, -0.2) is 0 Å². The van der Waals surface area contributed by atoms with Crippen molar-refractivity contribution in [3.8, 4) is 0 Å². The first kappa shape index (κ1) is 10.3. The molecule has 0 saturated heterocycles. The molecular weight excluding hydrogens is 166 g/mol. The van der Waals surface area contributed by atoms with Crippen LogP contribution in [-0.2, 0) is 0 Å². The number of nitrogens with two attached hydrogens (primary N) is 1. The average molecular weight is 185 g/mol. The van der Waals surface area contributed by atoms with Crippen LogP contribution in [0, 0.1) is 5.92 Å². The highest BCUT2D eigenvalue weighted by Crippen LogP contribution is 2.26. The van der Waals surface area contributed by atoms with E-state index in [0.717, 1.165) is 5.92 Å². The Hall–Kier alpha value is -0.770. The van der Waals surface area contributed by atoms with Gasteiger partial charge in [-0.15, -0.1) is 0 Å². The van der Waals surface area contributed by atoms with E-state index in [1.54, 1.807) is 0 Å². The molecule has 4 nitrogen and oxygen atoms in total. The van der Waals surface area contributed by atoms with Gasteiger partial charge in [0, 0.05) is 18.5 Å². The second-order valence-corrected chi connectivity index (χ2v) is 4.14. The summed E-state index contributed by atoms with van der Waals surface area (Å²) in [5, 5.41) is 14.8. The number of nitrogens with zero attached hydrogens (tertiary/aromatic N) is 1. The zero-order valence-electron chi connectivity index (χ0n) is 8.33. The van der Waals surface area contributed by atoms with Gasteiger partial charge in [0.15, 0.2) is 0 Å². The molecule has 1 aliphatic carbocycles. The van der Waals surface area contributed by atoms with Crippen LogP contribution in [0.4, 0.5) is 0 Å². The normalized spacial score (nSPS) is 31.1. The summed E-state index contributed by atoms with van der Waals surface area (Å²) in [5.74, 6) is 1.15. The molecule has 1 fully saturated rings. The van der Waals surface area contributed by atoms with Crippen LogP contribution in [0.1, 0.15) is 33.1 Å². The van der Waals surface area contributed by atoms with E-state index < -0.39 is 0 Å². The van der Waals surface area contributed by atoms with Crippen molar-refractivity contribution < 1.29 is 5.21 Å². The molecule has 1 unspecified atom stereocenters. The third-order valence-corrected chi connectivity index (χ3v) is 2.54. The van der Waals surface area contributed by atoms with Crippen LogP contribution < -0.4 is 11.1 Å². The number of nitrogens with one attached hydrogen (secondary N) is 1. The summed E-state index contributed by atoms with van der Waals surface area (Å²) in [6.07, 6.45) is 3.11. The SMILES string of the molecule is CC1CC(NC(C)CC(N)=NO)C1. The van der Waals surface area contributed by atoms with Gasteiger partial charge in [0.05, 0.1) is 0 Å². The van der Waals surface area contributed by atoms with E-state index in [4.69, 9.17) is 10.9 Å². The van der Waals surface area contributed by atoms with Gasteiger partial charge in [0.1, 0.15) is 5.84 Å². The molecule has 76 valence electrons. The van der Waals surface area contributed by atoms with Crippen LogP contribution in [0.5, 0.6) is 0 Å². The highest BCUT2D eigenvalue weighted by Gasteiger charge is 2.26. The molecule has 4 N–H and O–H groups in total. The predicted octanol–water partition coefficient (Wildman–Crippen LogP) is 0.899. The molecule has 0 heterocycles. The van der Waals surface area contributed by atoms with E-state index in [9.17, 15) is 0 Å². The van der Waals surface area contributed by atoms with Crippen molar-refractivity contribution in [2.75, 3.05) is 0 Å². The smallest absolute Gasteiger partial charge is 0.140 e. The molecule has 4 heteroatoms. The van der Waals surface area contributed by atoms with Gasteiger partial charge < -0.3 is 16.3 Å². The molecule has 1 saturated carbocycles. The fourth-order valence-corrected chi connectivity index (χ4v) is 1.85. The largest absolute Gasteiger partial charge is 0.409 e. The van der Waals surface area contributed by atoms with Crippen molar-refractivity contribution >= 4 is 5.84 Å². The lowest BCUT2D eigenvalue weighted by Crippen LogP contribution is -2.45. The van der Waals surface area contributed by atoms with Gasteiger partial charge >= 0.3 is 0 Å². The van der Waals surface area contributed by atoms with Crippen LogP contribution in [0.3, 0.4) is 0 Å². The number of rotatable bonds is 4. The molecule has 0 radical (unpaired) electrons. The quantitative estimate of drug-likeness (QED) is 0.264. The molecular formula is C9H19N3O. The molecule has 0 bridgehead atoms. The molecule has 1 aliphatic rings. The maximum absolute atomic E-state index is 8.37. The van der Waals surface area contributed by atoms with Gasteiger partial charge in [-0.3, -0.25) is 0 Å². The maximum Gasteiger partial charge on any atom is 0.140 e. The lowest BCUT2D eigenvalue weighted by Gasteiger charge is -2.35. The van der Waals surface area contributed by atoms with Crippen molar-refractivity contribution in [1.82, 2.24) is 5.32 Å². The van der Waals surface area contributed by atoms with Crippen molar-refractivity contribution in [3.05, 3.63) is 0 Å². The standard InChI is InChI=1S/C9H19N3O/c1-6-3-8(4-6)11-7(2)5-9(10)12-13/h6-8,11,13H,3-5H2,1-2H3,(H2,10,12). The first-order valence-electron chi connectivity index (χ1n) is 4.84. The van der Waals surface area contributed by atoms with E-state index in [1.165, 1.54) is 12.8 Å². The molecule has 0 aromatic carbocycles. The van der Waals surface area contributed by atoms with E-state index in [2.05, 4.69) is 24.3 Å². The second-order valence-electron chi connectivity index (χ2n) is 4.14. The molecule has 1 atom stereocenters. The minimum atomic E-state index is 0.298. The van der Waals surface area contributed by atoms with Gasteiger partial charge in [-0.1, -0.05) is 12.1 Å². The van der Waals surface area contributed by atoms with Gasteiger partial charge in [-0.2, -0.15) is 0 Å². The Balaban J connectivity index is 2.14. The van der Waals surface area contributed by atoms with E-state index in [-0.39, 0.29) is 0 Å². The first-order valence-corrected chi connectivity index (χ1v) is 4.84. The molecule has 0 aromatic rings. The van der Waals surface area contributed by atoms with Crippen molar-refractivity contribution in [2.24, 2.45) is 16.8 Å². The second kappa shape index (κ2) is 4.46. The Morgan fingerprint density at radius 1 is 1.69 bits per heavy atom. The van der Waals surface area contributed by atoms with Crippen molar-refractivity contribution in [1.29, 1.82) is 0 Å². The topological polar surface area (TPSA) is 70.6 Å². The summed E-state index contributed by atoms with van der Waals surface area (Å²) < 4.78 is 0. The monoisotopic (exact) mass is 185 g/mol. The number of amidine groups is 1. The lowest BCUT2D eigenvalue weighted by atomic mass is 9.81. The lowest BCUT2D eigenvalue weighted by molar-refractivity contribution is 0.226. The third kappa shape index (κ3) is 3.22. The first-order chi connectivity index (χ1) is 6.11. The van der Waals surface area contributed by atoms with Crippen LogP contribution in [0.25, 0.3) is 0 Å². The predicted molar refractivity (Wildman–Crippen MR) is 52.8 cm³/mol. The maximum atomic E-state index is 8.37.